The van der Waals surface area contributed by atoms with Crippen LogP contribution in [-0.4, -0.2) is 16.5 Å². The molecule has 1 aliphatic heterocycles. The lowest BCUT2D eigenvalue weighted by atomic mass is 9.97. The van der Waals surface area contributed by atoms with Crippen molar-refractivity contribution in [2.45, 2.75) is 26.3 Å². The van der Waals surface area contributed by atoms with E-state index in [1.165, 1.54) is 22.5 Å². The maximum Gasteiger partial charge on any atom is 0.103 e. The summed E-state index contributed by atoms with van der Waals surface area (Å²) in [6, 6.07) is 8.88. The summed E-state index contributed by atoms with van der Waals surface area (Å²) in [5.74, 6) is 1.01. The van der Waals surface area contributed by atoms with Crippen molar-refractivity contribution in [3.05, 3.63) is 52.6 Å². The van der Waals surface area contributed by atoms with Crippen LogP contribution in [0.4, 0.5) is 0 Å². The van der Waals surface area contributed by atoms with E-state index in [1.54, 1.807) is 0 Å². The van der Waals surface area contributed by atoms with Gasteiger partial charge < -0.3 is 10.3 Å². The highest BCUT2D eigenvalue weighted by Gasteiger charge is 2.24. The van der Waals surface area contributed by atoms with Gasteiger partial charge in [0.15, 0.2) is 0 Å². The Morgan fingerprint density at radius 2 is 2.18 bits per heavy atom. The number of aryl methyl sites for hydroxylation is 2. The van der Waals surface area contributed by atoms with Crippen LogP contribution in [0, 0.1) is 13.8 Å². The molecule has 17 heavy (non-hydrogen) atoms. The van der Waals surface area contributed by atoms with Crippen LogP contribution in [0.3, 0.4) is 0 Å². The number of benzene rings is 1. The lowest BCUT2D eigenvalue weighted by molar-refractivity contribution is 0.553. The van der Waals surface area contributed by atoms with Crippen LogP contribution in [0.2, 0.25) is 0 Å². The minimum atomic E-state index is 0.239. The van der Waals surface area contributed by atoms with E-state index in [4.69, 9.17) is 0 Å². The minimum Gasteiger partial charge on any atom is -0.346 e. The molecule has 3 heteroatoms. The molecular weight excluding hydrogens is 210 g/mol. The van der Waals surface area contributed by atoms with Crippen LogP contribution in [0.1, 0.15) is 34.4 Å². The van der Waals surface area contributed by atoms with Gasteiger partial charge >= 0.3 is 0 Å². The van der Waals surface area contributed by atoms with Crippen LogP contribution < -0.4 is 5.32 Å². The Bertz CT molecular complexity index is 542. The Kier molecular flexibility index (Phi) is 2.48. The van der Waals surface area contributed by atoms with Crippen molar-refractivity contribution in [1.82, 2.24) is 15.3 Å². The second-order valence-electron chi connectivity index (χ2n) is 4.74. The summed E-state index contributed by atoms with van der Waals surface area (Å²) in [4.78, 5) is 7.98. The summed E-state index contributed by atoms with van der Waals surface area (Å²) in [5.41, 5.74) is 5.05. The fourth-order valence-corrected chi connectivity index (χ4v) is 2.55. The first-order valence-electron chi connectivity index (χ1n) is 6.09. The number of nitrogens with one attached hydrogen (secondary N) is 2. The van der Waals surface area contributed by atoms with Crippen LogP contribution in [-0.2, 0) is 6.42 Å². The first-order chi connectivity index (χ1) is 8.24. The predicted molar refractivity (Wildman–Crippen MR) is 68.1 cm³/mol. The van der Waals surface area contributed by atoms with Crippen molar-refractivity contribution in [2.75, 3.05) is 6.54 Å². The molecule has 0 radical (unpaired) electrons. The van der Waals surface area contributed by atoms with Gasteiger partial charge in [0.05, 0.1) is 11.7 Å². The van der Waals surface area contributed by atoms with Crippen molar-refractivity contribution in [2.24, 2.45) is 0 Å². The molecule has 1 aromatic heterocycles. The number of hydrogen-bond donors (Lipinski definition) is 2. The molecule has 1 aliphatic rings. The van der Waals surface area contributed by atoms with Gasteiger partial charge in [0.1, 0.15) is 5.82 Å². The summed E-state index contributed by atoms with van der Waals surface area (Å²) in [6.07, 6.45) is 1.04. The van der Waals surface area contributed by atoms with Gasteiger partial charge in [0.2, 0.25) is 0 Å². The maximum absolute atomic E-state index is 4.62. The van der Waals surface area contributed by atoms with Crippen molar-refractivity contribution < 1.29 is 0 Å². The predicted octanol–water partition coefficient (Wildman–Crippen LogP) is 2.26. The first kappa shape index (κ1) is 10.5. The van der Waals surface area contributed by atoms with Gasteiger partial charge in [-0.05, 0) is 19.4 Å². The lowest BCUT2D eigenvalue weighted by Crippen LogP contribution is -2.30. The smallest absolute Gasteiger partial charge is 0.103 e. The summed E-state index contributed by atoms with van der Waals surface area (Å²) >= 11 is 0. The van der Waals surface area contributed by atoms with Crippen molar-refractivity contribution in [1.29, 1.82) is 0 Å². The molecule has 0 amide bonds. The molecule has 2 N–H and O–H groups in total. The first-order valence-corrected chi connectivity index (χ1v) is 6.09. The fraction of sp³-hybridized carbons (Fsp3) is 0.357. The molecule has 1 aromatic carbocycles. The number of imidazole rings is 1. The maximum atomic E-state index is 4.62. The van der Waals surface area contributed by atoms with E-state index < -0.39 is 0 Å². The van der Waals surface area contributed by atoms with Crippen LogP contribution in [0.15, 0.2) is 24.3 Å². The number of nitrogens with zero attached hydrogens (tertiary/aromatic N) is 1. The fourth-order valence-electron chi connectivity index (χ4n) is 2.55. The third kappa shape index (κ3) is 1.87. The second-order valence-corrected chi connectivity index (χ2v) is 4.74. The van der Waals surface area contributed by atoms with Crippen molar-refractivity contribution in [3.8, 4) is 0 Å². The van der Waals surface area contributed by atoms with Crippen LogP contribution in [0.5, 0.6) is 0 Å². The molecule has 3 nitrogen and oxygen atoms in total. The molecule has 1 atom stereocenters. The number of rotatable bonds is 1. The quantitative estimate of drug-likeness (QED) is 0.784. The Balaban J connectivity index is 2.05. The van der Waals surface area contributed by atoms with E-state index in [9.17, 15) is 0 Å². The highest BCUT2D eigenvalue weighted by Crippen LogP contribution is 2.27. The number of aromatic amines is 1. The van der Waals surface area contributed by atoms with E-state index in [0.717, 1.165) is 18.8 Å². The van der Waals surface area contributed by atoms with Gasteiger partial charge in [-0.15, -0.1) is 0 Å². The zero-order chi connectivity index (χ0) is 11.8. The summed E-state index contributed by atoms with van der Waals surface area (Å²) in [5, 5.41) is 3.55. The highest BCUT2D eigenvalue weighted by atomic mass is 15.0. The molecule has 0 fully saturated rings. The third-order valence-electron chi connectivity index (χ3n) is 3.30. The molecule has 0 bridgehead atoms. The SMILES string of the molecule is Cc1cccc(C2NCCc3[nH]c(C)nc32)c1. The summed E-state index contributed by atoms with van der Waals surface area (Å²) in [7, 11) is 0. The molecule has 0 spiro atoms. The summed E-state index contributed by atoms with van der Waals surface area (Å²) < 4.78 is 0. The average Bonchev–Trinajstić information content (AvgIpc) is 2.68. The van der Waals surface area contributed by atoms with Gasteiger partial charge in [0, 0.05) is 18.7 Å². The zero-order valence-corrected chi connectivity index (χ0v) is 10.2. The molecule has 2 heterocycles. The number of H-pyrrole nitrogens is 1. The van der Waals surface area contributed by atoms with E-state index in [1.807, 2.05) is 6.92 Å². The highest BCUT2D eigenvalue weighted by molar-refractivity contribution is 5.35. The molecule has 2 aromatic rings. The molecule has 0 saturated carbocycles. The monoisotopic (exact) mass is 227 g/mol. The summed E-state index contributed by atoms with van der Waals surface area (Å²) in [6.45, 7) is 5.15. The Morgan fingerprint density at radius 3 is 3.00 bits per heavy atom. The Labute approximate surface area is 101 Å². The molecule has 0 saturated heterocycles. The number of aromatic nitrogens is 2. The Hall–Kier alpha value is -1.61. The zero-order valence-electron chi connectivity index (χ0n) is 10.2. The molecule has 88 valence electrons. The van der Waals surface area contributed by atoms with Gasteiger partial charge in [0.25, 0.3) is 0 Å². The molecule has 0 aliphatic carbocycles. The minimum absolute atomic E-state index is 0.239. The number of fused-ring (bicyclic) bond motifs is 1. The largest absolute Gasteiger partial charge is 0.346 e. The van der Waals surface area contributed by atoms with Gasteiger partial charge in [-0.1, -0.05) is 29.8 Å². The Morgan fingerprint density at radius 1 is 1.29 bits per heavy atom. The van der Waals surface area contributed by atoms with Crippen molar-refractivity contribution in [3.63, 3.8) is 0 Å². The van der Waals surface area contributed by atoms with Gasteiger partial charge in [-0.3, -0.25) is 0 Å². The van der Waals surface area contributed by atoms with E-state index in [0.29, 0.717) is 0 Å². The van der Waals surface area contributed by atoms with E-state index >= 15 is 0 Å². The normalized spacial score (nSPS) is 19.1. The lowest BCUT2D eigenvalue weighted by Gasteiger charge is -2.23. The molecule has 3 rings (SSSR count). The standard InChI is InChI=1S/C14H17N3/c1-9-4-3-5-11(8-9)13-14-12(6-7-15-13)16-10(2)17-14/h3-5,8,13,15H,6-7H2,1-2H3,(H,16,17). The van der Waals surface area contributed by atoms with Crippen molar-refractivity contribution >= 4 is 0 Å². The van der Waals surface area contributed by atoms with Gasteiger partial charge in [-0.2, -0.15) is 0 Å². The molecular formula is C14H17N3. The van der Waals surface area contributed by atoms with E-state index in [-0.39, 0.29) is 6.04 Å². The van der Waals surface area contributed by atoms with E-state index in [2.05, 4.69) is 46.5 Å². The molecule has 1 unspecified atom stereocenters. The topological polar surface area (TPSA) is 40.7 Å². The van der Waals surface area contributed by atoms with Crippen LogP contribution in [0.25, 0.3) is 0 Å². The second kappa shape index (κ2) is 4.00. The third-order valence-corrected chi connectivity index (χ3v) is 3.30. The van der Waals surface area contributed by atoms with Gasteiger partial charge in [-0.25, -0.2) is 4.98 Å². The number of hydrogen-bond acceptors (Lipinski definition) is 2. The average molecular weight is 227 g/mol. The van der Waals surface area contributed by atoms with Crippen LogP contribution >= 0.6 is 0 Å².